The molecule has 0 saturated heterocycles. The lowest BCUT2D eigenvalue weighted by Gasteiger charge is -2.08. The average molecular weight is 354 g/mol. The minimum Gasteiger partial charge on any atom is -0.494 e. The second kappa shape index (κ2) is 8.65. The van der Waals surface area contributed by atoms with Crippen LogP contribution in [0.15, 0.2) is 54.7 Å². The van der Waals surface area contributed by atoms with E-state index in [0.717, 1.165) is 30.2 Å². The first kappa shape index (κ1) is 17.5. The van der Waals surface area contributed by atoms with Crippen molar-refractivity contribution >= 4 is 11.3 Å². The van der Waals surface area contributed by atoms with Gasteiger partial charge in [-0.2, -0.15) is 0 Å². The van der Waals surface area contributed by atoms with Crippen molar-refractivity contribution in [3.63, 3.8) is 0 Å². The predicted molar refractivity (Wildman–Crippen MR) is 102 cm³/mol. The van der Waals surface area contributed by atoms with E-state index in [0.29, 0.717) is 12.5 Å². The molecular formula is C20H22N2O2S. The van der Waals surface area contributed by atoms with E-state index in [1.807, 2.05) is 54.7 Å². The normalized spacial score (nSPS) is 10.6. The molecule has 3 aromatic rings. The maximum absolute atomic E-state index is 5.83. The molecule has 3 rings (SSSR count). The second-order valence-corrected chi connectivity index (χ2v) is 7.00. The predicted octanol–water partition coefficient (Wildman–Crippen LogP) is 4.93. The van der Waals surface area contributed by atoms with Gasteiger partial charge in [0.2, 0.25) is 5.88 Å². The summed E-state index contributed by atoms with van der Waals surface area (Å²) in [4.78, 5) is 6.97. The highest BCUT2D eigenvalue weighted by Crippen LogP contribution is 2.23. The first-order valence-electron chi connectivity index (χ1n) is 8.34. The van der Waals surface area contributed by atoms with E-state index in [9.17, 15) is 0 Å². The molecule has 1 N–H and O–H groups in total. The van der Waals surface area contributed by atoms with Gasteiger partial charge in [0, 0.05) is 35.1 Å². The number of rotatable bonds is 8. The van der Waals surface area contributed by atoms with Gasteiger partial charge < -0.3 is 14.8 Å². The van der Waals surface area contributed by atoms with E-state index < -0.39 is 0 Å². The van der Waals surface area contributed by atoms with Crippen molar-refractivity contribution in [3.05, 3.63) is 70.0 Å². The summed E-state index contributed by atoms with van der Waals surface area (Å²) in [5.41, 5.74) is 1.14. The zero-order chi connectivity index (χ0) is 17.5. The molecule has 0 aliphatic heterocycles. The van der Waals surface area contributed by atoms with E-state index in [1.54, 1.807) is 6.20 Å². The van der Waals surface area contributed by atoms with Gasteiger partial charge in [-0.05, 0) is 61.9 Å². The number of aromatic nitrogens is 1. The van der Waals surface area contributed by atoms with E-state index in [4.69, 9.17) is 9.47 Å². The molecule has 0 aliphatic rings. The summed E-state index contributed by atoms with van der Waals surface area (Å²) in [6.45, 7) is 6.39. The van der Waals surface area contributed by atoms with E-state index in [2.05, 4.69) is 29.4 Å². The zero-order valence-electron chi connectivity index (χ0n) is 14.5. The Morgan fingerprint density at radius 2 is 1.80 bits per heavy atom. The molecule has 0 radical (unpaired) electrons. The van der Waals surface area contributed by atoms with Crippen molar-refractivity contribution in [2.24, 2.45) is 0 Å². The molecule has 5 heteroatoms. The summed E-state index contributed by atoms with van der Waals surface area (Å²) in [7, 11) is 0. The van der Waals surface area contributed by atoms with E-state index in [-0.39, 0.29) is 0 Å². The van der Waals surface area contributed by atoms with Crippen LogP contribution in [0.5, 0.6) is 17.4 Å². The van der Waals surface area contributed by atoms with Gasteiger partial charge >= 0.3 is 0 Å². The number of nitrogens with one attached hydrogen (secondary N) is 1. The van der Waals surface area contributed by atoms with E-state index >= 15 is 0 Å². The van der Waals surface area contributed by atoms with Crippen LogP contribution < -0.4 is 14.8 Å². The van der Waals surface area contributed by atoms with Crippen molar-refractivity contribution in [1.82, 2.24) is 10.3 Å². The first-order valence-corrected chi connectivity index (χ1v) is 9.16. The molecule has 0 saturated carbocycles. The fraction of sp³-hybridized carbons (Fsp3) is 0.250. The molecule has 0 atom stereocenters. The topological polar surface area (TPSA) is 43.4 Å². The summed E-state index contributed by atoms with van der Waals surface area (Å²) < 4.78 is 11.3. The Bertz CT molecular complexity index is 799. The number of thiophene rings is 1. The van der Waals surface area contributed by atoms with Crippen molar-refractivity contribution in [3.8, 4) is 17.4 Å². The van der Waals surface area contributed by atoms with Crippen molar-refractivity contribution in [2.75, 3.05) is 6.61 Å². The molecule has 2 heterocycles. The lowest BCUT2D eigenvalue weighted by molar-refractivity contribution is 0.339. The number of ether oxygens (including phenoxy) is 2. The van der Waals surface area contributed by atoms with Crippen LogP contribution in [0.25, 0.3) is 0 Å². The van der Waals surface area contributed by atoms with Crippen LogP contribution >= 0.6 is 11.3 Å². The molecule has 1 aromatic carbocycles. The Morgan fingerprint density at radius 1 is 1.00 bits per heavy atom. The number of hydrogen-bond acceptors (Lipinski definition) is 5. The van der Waals surface area contributed by atoms with Crippen LogP contribution in [0.1, 0.15) is 22.2 Å². The highest BCUT2D eigenvalue weighted by molar-refractivity contribution is 7.11. The summed E-state index contributed by atoms with van der Waals surface area (Å²) in [5, 5.41) is 3.45. The lowest BCUT2D eigenvalue weighted by atomic mass is 10.2. The van der Waals surface area contributed by atoms with Gasteiger partial charge in [-0.1, -0.05) is 0 Å². The summed E-state index contributed by atoms with van der Waals surface area (Å²) in [6.07, 6.45) is 1.77. The molecule has 0 fully saturated rings. The quantitative estimate of drug-likeness (QED) is 0.623. The third-order valence-corrected chi connectivity index (χ3v) is 4.58. The van der Waals surface area contributed by atoms with Crippen LogP contribution in [0.4, 0.5) is 0 Å². The van der Waals surface area contributed by atoms with Crippen LogP contribution in [0, 0.1) is 6.92 Å². The molecule has 4 nitrogen and oxygen atoms in total. The fourth-order valence-electron chi connectivity index (χ4n) is 2.42. The Kier molecular flexibility index (Phi) is 6.04. The molecule has 0 aliphatic carbocycles. The molecule has 0 amide bonds. The van der Waals surface area contributed by atoms with Gasteiger partial charge in [-0.3, -0.25) is 0 Å². The highest BCUT2D eigenvalue weighted by Gasteiger charge is 2.02. The van der Waals surface area contributed by atoms with Crippen LogP contribution in [0.2, 0.25) is 0 Å². The van der Waals surface area contributed by atoms with Gasteiger partial charge in [0.15, 0.2) is 0 Å². The van der Waals surface area contributed by atoms with Crippen LogP contribution in [-0.2, 0) is 13.1 Å². The van der Waals surface area contributed by atoms with Gasteiger partial charge in [-0.15, -0.1) is 11.3 Å². The lowest BCUT2D eigenvalue weighted by Crippen LogP contribution is -2.11. The number of benzene rings is 1. The first-order chi connectivity index (χ1) is 12.2. The summed E-state index contributed by atoms with van der Waals surface area (Å²) in [6, 6.07) is 15.8. The third-order valence-electron chi connectivity index (χ3n) is 3.58. The van der Waals surface area contributed by atoms with Gasteiger partial charge in [0.25, 0.3) is 0 Å². The largest absolute Gasteiger partial charge is 0.494 e. The van der Waals surface area contributed by atoms with Crippen molar-refractivity contribution in [2.45, 2.75) is 26.9 Å². The number of pyridine rings is 1. The summed E-state index contributed by atoms with van der Waals surface area (Å²) >= 11 is 1.82. The standard InChI is InChI=1S/C20H22N2O2S/c1-3-23-17-5-7-18(8-6-17)24-20-12-16(10-11-22-20)13-21-14-19-9-4-15(2)25-19/h4-12,21H,3,13-14H2,1-2H3. The van der Waals surface area contributed by atoms with Crippen LogP contribution in [0.3, 0.4) is 0 Å². The minimum atomic E-state index is 0.593. The SMILES string of the molecule is CCOc1ccc(Oc2cc(CNCc3ccc(C)s3)ccn2)cc1. The summed E-state index contributed by atoms with van der Waals surface area (Å²) in [5.74, 6) is 2.18. The van der Waals surface area contributed by atoms with Gasteiger partial charge in [-0.25, -0.2) is 4.98 Å². The molecule has 0 spiro atoms. The Hall–Kier alpha value is -2.37. The minimum absolute atomic E-state index is 0.593. The maximum Gasteiger partial charge on any atom is 0.219 e. The number of hydrogen-bond donors (Lipinski definition) is 1. The molecule has 0 unspecified atom stereocenters. The van der Waals surface area contributed by atoms with Gasteiger partial charge in [0.1, 0.15) is 11.5 Å². The molecule has 0 bridgehead atoms. The number of nitrogens with zero attached hydrogens (tertiary/aromatic N) is 1. The van der Waals surface area contributed by atoms with Crippen molar-refractivity contribution in [1.29, 1.82) is 0 Å². The number of aryl methyl sites for hydroxylation is 1. The second-order valence-electron chi connectivity index (χ2n) is 5.62. The van der Waals surface area contributed by atoms with Crippen LogP contribution in [-0.4, -0.2) is 11.6 Å². The third kappa shape index (κ3) is 5.31. The van der Waals surface area contributed by atoms with Gasteiger partial charge in [0.05, 0.1) is 6.61 Å². The van der Waals surface area contributed by atoms with E-state index in [1.165, 1.54) is 9.75 Å². The molecule has 130 valence electrons. The van der Waals surface area contributed by atoms with Crippen molar-refractivity contribution < 1.29 is 9.47 Å². The molecular weight excluding hydrogens is 332 g/mol. The Balaban J connectivity index is 1.55. The average Bonchev–Trinajstić information content (AvgIpc) is 3.03. The monoisotopic (exact) mass is 354 g/mol. The molecule has 2 aromatic heterocycles. The smallest absolute Gasteiger partial charge is 0.219 e. The Morgan fingerprint density at radius 3 is 2.52 bits per heavy atom. The zero-order valence-corrected chi connectivity index (χ0v) is 15.3. The Labute approximate surface area is 152 Å². The molecule has 25 heavy (non-hydrogen) atoms. The highest BCUT2D eigenvalue weighted by atomic mass is 32.1. The fourth-order valence-corrected chi connectivity index (χ4v) is 3.28. The maximum atomic E-state index is 5.83.